The van der Waals surface area contributed by atoms with Crippen LogP contribution in [0.1, 0.15) is 22.8 Å². The van der Waals surface area contributed by atoms with Gasteiger partial charge in [-0.2, -0.15) is 0 Å². The summed E-state index contributed by atoms with van der Waals surface area (Å²) in [5.41, 5.74) is 1.38. The van der Waals surface area contributed by atoms with E-state index in [2.05, 4.69) is 5.32 Å². The van der Waals surface area contributed by atoms with Gasteiger partial charge in [-0.25, -0.2) is 9.59 Å². The van der Waals surface area contributed by atoms with Crippen molar-refractivity contribution >= 4 is 29.6 Å². The fourth-order valence-corrected chi connectivity index (χ4v) is 2.63. The molecule has 0 aliphatic heterocycles. The molecule has 0 atom stereocenters. The first-order valence-electron chi connectivity index (χ1n) is 9.63. The highest BCUT2D eigenvalue weighted by Gasteiger charge is 2.11. The van der Waals surface area contributed by atoms with Crippen LogP contribution in [0.4, 0.5) is 5.69 Å². The molecule has 0 unspecified atom stereocenters. The van der Waals surface area contributed by atoms with Crippen LogP contribution in [0.3, 0.4) is 0 Å². The van der Waals surface area contributed by atoms with Crippen LogP contribution in [-0.2, 0) is 19.1 Å². The molecule has 9 nitrogen and oxygen atoms in total. The lowest BCUT2D eigenvalue weighted by Gasteiger charge is -2.12. The van der Waals surface area contributed by atoms with E-state index < -0.39 is 24.5 Å². The Bertz CT molecular complexity index is 982. The molecule has 9 heteroatoms. The number of carbonyl (C=O) groups is 3. The molecule has 0 aliphatic rings. The first-order valence-corrected chi connectivity index (χ1v) is 9.63. The predicted molar refractivity (Wildman–Crippen MR) is 117 cm³/mol. The molecule has 1 N–H and O–H groups in total. The fourth-order valence-electron chi connectivity index (χ4n) is 2.63. The Morgan fingerprint density at radius 2 is 1.50 bits per heavy atom. The maximum atomic E-state index is 12.0. The molecule has 0 heterocycles. The van der Waals surface area contributed by atoms with Crippen LogP contribution in [0.15, 0.2) is 42.5 Å². The van der Waals surface area contributed by atoms with Crippen LogP contribution in [0.5, 0.6) is 17.2 Å². The lowest BCUT2D eigenvalue weighted by molar-refractivity contribution is -0.142. The zero-order chi connectivity index (χ0) is 23.5. The summed E-state index contributed by atoms with van der Waals surface area (Å²) in [6.07, 6.45) is 2.65. The van der Waals surface area contributed by atoms with E-state index in [4.69, 9.17) is 23.7 Å². The summed E-state index contributed by atoms with van der Waals surface area (Å²) >= 11 is 0. The molecule has 0 saturated carbocycles. The zero-order valence-corrected chi connectivity index (χ0v) is 18.3. The van der Waals surface area contributed by atoms with Crippen LogP contribution >= 0.6 is 0 Å². The van der Waals surface area contributed by atoms with Gasteiger partial charge in [-0.05, 0) is 43.3 Å². The van der Waals surface area contributed by atoms with Gasteiger partial charge < -0.3 is 29.0 Å². The summed E-state index contributed by atoms with van der Waals surface area (Å²) < 4.78 is 25.6. The largest absolute Gasteiger partial charge is 0.496 e. The van der Waals surface area contributed by atoms with E-state index in [0.29, 0.717) is 34.1 Å². The lowest BCUT2D eigenvalue weighted by atomic mass is 10.1. The molecular formula is C23H25NO8. The van der Waals surface area contributed by atoms with Crippen molar-refractivity contribution in [1.82, 2.24) is 0 Å². The van der Waals surface area contributed by atoms with Gasteiger partial charge in [-0.3, -0.25) is 4.79 Å². The van der Waals surface area contributed by atoms with Crippen molar-refractivity contribution in [2.75, 3.05) is 39.9 Å². The number of hydrogen-bond donors (Lipinski definition) is 1. The number of carbonyl (C=O) groups excluding carboxylic acids is 3. The van der Waals surface area contributed by atoms with Crippen molar-refractivity contribution in [1.29, 1.82) is 0 Å². The quantitative estimate of drug-likeness (QED) is 0.441. The molecule has 0 aromatic heterocycles. The van der Waals surface area contributed by atoms with E-state index in [9.17, 15) is 14.4 Å². The summed E-state index contributed by atoms with van der Waals surface area (Å²) in [6, 6.07) is 9.43. The minimum Gasteiger partial charge on any atom is -0.496 e. The van der Waals surface area contributed by atoms with E-state index in [-0.39, 0.29) is 6.61 Å². The standard InChI is InChI=1S/C23H25NO8/c1-5-31-23(27)15-6-9-17(10-7-15)24-21(25)14-32-22(26)11-8-16-12-19(29-3)20(30-4)13-18(16)28-2/h6-13H,5,14H2,1-4H3,(H,24,25)/b11-8+. The molecule has 2 aromatic carbocycles. The number of hydrogen-bond acceptors (Lipinski definition) is 8. The summed E-state index contributed by atoms with van der Waals surface area (Å²) in [4.78, 5) is 35.6. The normalized spacial score (nSPS) is 10.4. The van der Waals surface area contributed by atoms with Gasteiger partial charge in [0, 0.05) is 23.4 Å². The molecular weight excluding hydrogens is 418 g/mol. The molecule has 0 bridgehead atoms. The number of anilines is 1. The van der Waals surface area contributed by atoms with Gasteiger partial charge in [0.2, 0.25) is 0 Å². The van der Waals surface area contributed by atoms with Crippen LogP contribution < -0.4 is 19.5 Å². The minimum absolute atomic E-state index is 0.274. The van der Waals surface area contributed by atoms with E-state index in [1.54, 1.807) is 31.2 Å². The Hall–Kier alpha value is -4.01. The molecule has 0 spiro atoms. The van der Waals surface area contributed by atoms with Crippen molar-refractivity contribution < 1.29 is 38.1 Å². The number of ether oxygens (including phenoxy) is 5. The molecule has 0 fully saturated rings. The van der Waals surface area contributed by atoms with Crippen LogP contribution in [0, 0.1) is 0 Å². The van der Waals surface area contributed by atoms with Crippen molar-refractivity contribution in [3.63, 3.8) is 0 Å². The van der Waals surface area contributed by atoms with E-state index in [1.807, 2.05) is 0 Å². The highest BCUT2D eigenvalue weighted by atomic mass is 16.5. The number of nitrogens with one attached hydrogen (secondary N) is 1. The second-order valence-corrected chi connectivity index (χ2v) is 6.24. The molecule has 2 aromatic rings. The second kappa shape index (κ2) is 12.0. The molecule has 170 valence electrons. The fraction of sp³-hybridized carbons (Fsp3) is 0.261. The Kier molecular flexibility index (Phi) is 9.09. The van der Waals surface area contributed by atoms with Gasteiger partial charge in [0.1, 0.15) is 5.75 Å². The van der Waals surface area contributed by atoms with Crippen LogP contribution in [0.2, 0.25) is 0 Å². The first-order chi connectivity index (χ1) is 15.4. The molecule has 2 rings (SSSR count). The lowest BCUT2D eigenvalue weighted by Crippen LogP contribution is -2.20. The van der Waals surface area contributed by atoms with Gasteiger partial charge in [-0.1, -0.05) is 0 Å². The summed E-state index contributed by atoms with van der Waals surface area (Å²) in [7, 11) is 4.49. The zero-order valence-electron chi connectivity index (χ0n) is 18.3. The highest BCUT2D eigenvalue weighted by Crippen LogP contribution is 2.35. The molecule has 0 saturated heterocycles. The van der Waals surface area contributed by atoms with Gasteiger partial charge >= 0.3 is 11.9 Å². The third-order valence-corrected chi connectivity index (χ3v) is 4.16. The Labute approximate surface area is 185 Å². The van der Waals surface area contributed by atoms with Crippen molar-refractivity contribution in [3.05, 3.63) is 53.6 Å². The Morgan fingerprint density at radius 3 is 2.09 bits per heavy atom. The first kappa shape index (κ1) is 24.3. The summed E-state index contributed by atoms with van der Waals surface area (Å²) in [6.45, 7) is 1.51. The number of methoxy groups -OCH3 is 3. The van der Waals surface area contributed by atoms with Gasteiger partial charge in [0.05, 0.1) is 33.5 Å². The number of rotatable bonds is 10. The van der Waals surface area contributed by atoms with Crippen LogP contribution in [-0.4, -0.2) is 52.4 Å². The van der Waals surface area contributed by atoms with E-state index in [0.717, 1.165) is 0 Å². The predicted octanol–water partition coefficient (Wildman–Crippen LogP) is 3.08. The number of amides is 1. The monoisotopic (exact) mass is 443 g/mol. The number of esters is 2. The third kappa shape index (κ3) is 6.76. The topological polar surface area (TPSA) is 109 Å². The van der Waals surface area contributed by atoms with Crippen molar-refractivity contribution in [2.45, 2.75) is 6.92 Å². The molecule has 0 radical (unpaired) electrons. The smallest absolute Gasteiger partial charge is 0.338 e. The summed E-state index contributed by atoms with van der Waals surface area (Å²) in [5.74, 6) is -0.271. The highest BCUT2D eigenvalue weighted by molar-refractivity contribution is 5.95. The van der Waals surface area contributed by atoms with Gasteiger partial charge in [-0.15, -0.1) is 0 Å². The average molecular weight is 443 g/mol. The SMILES string of the molecule is CCOC(=O)c1ccc(NC(=O)COC(=O)/C=C/c2cc(OC)c(OC)cc2OC)cc1. The molecule has 1 amide bonds. The van der Waals surface area contributed by atoms with Gasteiger partial charge in [0.15, 0.2) is 18.1 Å². The Balaban J connectivity index is 1.92. The van der Waals surface area contributed by atoms with E-state index in [1.165, 1.54) is 45.6 Å². The maximum absolute atomic E-state index is 12.0. The van der Waals surface area contributed by atoms with Crippen LogP contribution in [0.25, 0.3) is 6.08 Å². The molecule has 0 aliphatic carbocycles. The second-order valence-electron chi connectivity index (χ2n) is 6.24. The van der Waals surface area contributed by atoms with E-state index >= 15 is 0 Å². The average Bonchev–Trinajstić information content (AvgIpc) is 2.81. The van der Waals surface area contributed by atoms with Gasteiger partial charge in [0.25, 0.3) is 5.91 Å². The Morgan fingerprint density at radius 1 is 0.875 bits per heavy atom. The maximum Gasteiger partial charge on any atom is 0.338 e. The third-order valence-electron chi connectivity index (χ3n) is 4.16. The number of benzene rings is 2. The van der Waals surface area contributed by atoms with Crippen molar-refractivity contribution in [3.8, 4) is 17.2 Å². The summed E-state index contributed by atoms with van der Waals surface area (Å²) in [5, 5.41) is 2.57. The minimum atomic E-state index is -0.713. The van der Waals surface area contributed by atoms with Crippen molar-refractivity contribution in [2.24, 2.45) is 0 Å². The molecule has 32 heavy (non-hydrogen) atoms.